The number of nitrogens with two attached hydrogens (primary N) is 2. The van der Waals surface area contributed by atoms with Crippen LogP contribution in [0.3, 0.4) is 0 Å². The Kier molecular flexibility index (Phi) is 1.80. The van der Waals surface area contributed by atoms with Crippen LogP contribution in [-0.2, 0) is 6.54 Å². The summed E-state index contributed by atoms with van der Waals surface area (Å²) in [6.45, 7) is 2.90. The van der Waals surface area contributed by atoms with Crippen molar-refractivity contribution in [2.45, 2.75) is 19.9 Å². The van der Waals surface area contributed by atoms with Crippen LogP contribution in [-0.4, -0.2) is 9.78 Å². The van der Waals surface area contributed by atoms with Gasteiger partial charge in [0, 0.05) is 12.6 Å². The van der Waals surface area contributed by atoms with Gasteiger partial charge in [-0.05, 0) is 6.42 Å². The summed E-state index contributed by atoms with van der Waals surface area (Å²) >= 11 is 0. The molecule has 4 nitrogen and oxygen atoms in total. The fourth-order valence-corrected chi connectivity index (χ4v) is 0.843. The Morgan fingerprint density at radius 3 is 2.70 bits per heavy atom. The van der Waals surface area contributed by atoms with E-state index in [1.165, 1.54) is 0 Å². The van der Waals surface area contributed by atoms with E-state index >= 15 is 0 Å². The smallest absolute Gasteiger partial charge is 0.147 e. The number of nitrogen functional groups attached to an aromatic ring is 2. The van der Waals surface area contributed by atoms with Gasteiger partial charge in [0.25, 0.3) is 0 Å². The fourth-order valence-electron chi connectivity index (χ4n) is 0.843. The first kappa shape index (κ1) is 6.92. The van der Waals surface area contributed by atoms with Crippen LogP contribution in [0.2, 0.25) is 0 Å². The SMILES string of the molecule is CCCn1nc(N)cc1N. The first-order chi connectivity index (χ1) is 4.74. The monoisotopic (exact) mass is 140 g/mol. The first-order valence-electron chi connectivity index (χ1n) is 3.33. The molecule has 0 radical (unpaired) electrons. The van der Waals surface area contributed by atoms with E-state index in [0.717, 1.165) is 13.0 Å². The van der Waals surface area contributed by atoms with Gasteiger partial charge in [-0.25, -0.2) is 4.68 Å². The maximum absolute atomic E-state index is 5.55. The van der Waals surface area contributed by atoms with Crippen molar-refractivity contribution in [2.75, 3.05) is 11.5 Å². The van der Waals surface area contributed by atoms with Crippen molar-refractivity contribution in [1.82, 2.24) is 9.78 Å². The van der Waals surface area contributed by atoms with Gasteiger partial charge in [0.2, 0.25) is 0 Å². The predicted molar refractivity (Wildman–Crippen MR) is 41.3 cm³/mol. The van der Waals surface area contributed by atoms with Crippen LogP contribution in [0.15, 0.2) is 6.07 Å². The highest BCUT2D eigenvalue weighted by atomic mass is 15.3. The van der Waals surface area contributed by atoms with Crippen molar-refractivity contribution in [2.24, 2.45) is 0 Å². The minimum atomic E-state index is 0.492. The van der Waals surface area contributed by atoms with E-state index in [9.17, 15) is 0 Å². The molecule has 0 fully saturated rings. The molecule has 1 aromatic heterocycles. The molecular formula is C6H12N4. The second-order valence-electron chi connectivity index (χ2n) is 2.22. The van der Waals surface area contributed by atoms with E-state index in [0.29, 0.717) is 11.6 Å². The molecule has 4 heteroatoms. The topological polar surface area (TPSA) is 69.9 Å². The van der Waals surface area contributed by atoms with Crippen molar-refractivity contribution in [1.29, 1.82) is 0 Å². The Morgan fingerprint density at radius 1 is 1.60 bits per heavy atom. The first-order valence-corrected chi connectivity index (χ1v) is 3.33. The molecule has 0 unspecified atom stereocenters. The van der Waals surface area contributed by atoms with Crippen LogP contribution in [0.1, 0.15) is 13.3 Å². The Balaban J connectivity index is 2.81. The molecule has 0 saturated carbocycles. The third-order valence-corrected chi connectivity index (χ3v) is 1.27. The highest BCUT2D eigenvalue weighted by molar-refractivity contribution is 5.41. The third-order valence-electron chi connectivity index (χ3n) is 1.27. The molecule has 0 aliphatic carbocycles. The number of hydrogen-bond donors (Lipinski definition) is 2. The molecule has 0 saturated heterocycles. The van der Waals surface area contributed by atoms with Crippen LogP contribution >= 0.6 is 0 Å². The summed E-state index contributed by atoms with van der Waals surface area (Å²) in [5, 5.41) is 3.97. The number of nitrogens with zero attached hydrogens (tertiary/aromatic N) is 2. The van der Waals surface area contributed by atoms with E-state index in [1.54, 1.807) is 10.7 Å². The van der Waals surface area contributed by atoms with Crippen molar-refractivity contribution in [3.63, 3.8) is 0 Å². The number of aryl methyl sites for hydroxylation is 1. The Morgan fingerprint density at radius 2 is 2.30 bits per heavy atom. The molecule has 0 aromatic carbocycles. The predicted octanol–water partition coefficient (Wildman–Crippen LogP) is 0.458. The van der Waals surface area contributed by atoms with E-state index in [4.69, 9.17) is 11.5 Å². The number of aromatic nitrogens is 2. The maximum atomic E-state index is 5.55. The zero-order valence-corrected chi connectivity index (χ0v) is 6.04. The minimum Gasteiger partial charge on any atom is -0.384 e. The molecule has 0 aliphatic rings. The number of anilines is 2. The average molecular weight is 140 g/mol. The Hall–Kier alpha value is -1.19. The Bertz CT molecular complexity index is 216. The third kappa shape index (κ3) is 1.21. The Labute approximate surface area is 59.8 Å². The van der Waals surface area contributed by atoms with Crippen molar-refractivity contribution in [3.8, 4) is 0 Å². The lowest BCUT2D eigenvalue weighted by atomic mass is 10.5. The molecule has 1 heterocycles. The van der Waals surface area contributed by atoms with Crippen molar-refractivity contribution >= 4 is 11.6 Å². The minimum absolute atomic E-state index is 0.492. The molecule has 0 aliphatic heterocycles. The standard InChI is InChI=1S/C6H12N4/c1-2-3-10-6(8)4-5(7)9-10/h4H,2-3,8H2,1H3,(H2,7,9). The quantitative estimate of drug-likeness (QED) is 0.626. The molecule has 1 aromatic rings. The summed E-state index contributed by atoms with van der Waals surface area (Å²) in [4.78, 5) is 0. The van der Waals surface area contributed by atoms with Crippen molar-refractivity contribution in [3.05, 3.63) is 6.07 Å². The van der Waals surface area contributed by atoms with Gasteiger partial charge in [-0.15, -0.1) is 0 Å². The summed E-state index contributed by atoms with van der Waals surface area (Å²) in [6.07, 6.45) is 1.02. The average Bonchev–Trinajstić information content (AvgIpc) is 2.13. The van der Waals surface area contributed by atoms with Crippen LogP contribution in [0.5, 0.6) is 0 Å². The van der Waals surface area contributed by atoms with Gasteiger partial charge in [0.15, 0.2) is 0 Å². The zero-order valence-electron chi connectivity index (χ0n) is 6.04. The summed E-state index contributed by atoms with van der Waals surface area (Å²) in [5.74, 6) is 1.13. The van der Waals surface area contributed by atoms with Gasteiger partial charge in [-0.1, -0.05) is 6.92 Å². The van der Waals surface area contributed by atoms with Crippen LogP contribution in [0.4, 0.5) is 11.6 Å². The van der Waals surface area contributed by atoms with E-state index in [-0.39, 0.29) is 0 Å². The van der Waals surface area contributed by atoms with Crippen molar-refractivity contribution < 1.29 is 0 Å². The maximum Gasteiger partial charge on any atom is 0.147 e. The van der Waals surface area contributed by atoms with Gasteiger partial charge in [-0.3, -0.25) is 0 Å². The molecule has 0 atom stereocenters. The van der Waals surface area contributed by atoms with Gasteiger partial charge >= 0.3 is 0 Å². The summed E-state index contributed by atoms with van der Waals surface area (Å²) in [7, 11) is 0. The number of hydrogen-bond acceptors (Lipinski definition) is 3. The highest BCUT2D eigenvalue weighted by Gasteiger charge is 1.98. The zero-order chi connectivity index (χ0) is 7.56. The molecule has 56 valence electrons. The second kappa shape index (κ2) is 2.60. The van der Waals surface area contributed by atoms with E-state index in [1.807, 2.05) is 0 Å². The summed E-state index contributed by atoms with van der Waals surface area (Å²) in [5.41, 5.74) is 10.9. The van der Waals surface area contributed by atoms with E-state index in [2.05, 4.69) is 12.0 Å². The van der Waals surface area contributed by atoms with Gasteiger partial charge in [0.05, 0.1) is 0 Å². The second-order valence-corrected chi connectivity index (χ2v) is 2.22. The molecular weight excluding hydrogens is 128 g/mol. The molecule has 0 spiro atoms. The fraction of sp³-hybridized carbons (Fsp3) is 0.500. The lowest BCUT2D eigenvalue weighted by Crippen LogP contribution is -2.03. The number of rotatable bonds is 2. The largest absolute Gasteiger partial charge is 0.384 e. The molecule has 10 heavy (non-hydrogen) atoms. The lowest BCUT2D eigenvalue weighted by molar-refractivity contribution is 0.613. The van der Waals surface area contributed by atoms with Gasteiger partial charge in [-0.2, -0.15) is 5.10 Å². The van der Waals surface area contributed by atoms with Crippen LogP contribution in [0, 0.1) is 0 Å². The van der Waals surface area contributed by atoms with Crippen LogP contribution in [0.25, 0.3) is 0 Å². The van der Waals surface area contributed by atoms with E-state index < -0.39 is 0 Å². The normalized spacial score (nSPS) is 10.1. The summed E-state index contributed by atoms with van der Waals surface area (Å²) in [6, 6.07) is 1.66. The van der Waals surface area contributed by atoms with Gasteiger partial charge in [0.1, 0.15) is 11.6 Å². The van der Waals surface area contributed by atoms with Gasteiger partial charge < -0.3 is 11.5 Å². The molecule has 0 bridgehead atoms. The molecule has 1 rings (SSSR count). The molecule has 4 N–H and O–H groups in total. The molecule has 0 amide bonds. The summed E-state index contributed by atoms with van der Waals surface area (Å²) < 4.78 is 1.70. The highest BCUT2D eigenvalue weighted by Crippen LogP contribution is 2.07. The van der Waals surface area contributed by atoms with Crippen LogP contribution < -0.4 is 11.5 Å². The lowest BCUT2D eigenvalue weighted by Gasteiger charge is -1.98.